The fourth-order valence-corrected chi connectivity index (χ4v) is 2.45. The van der Waals surface area contributed by atoms with Crippen molar-refractivity contribution in [2.24, 2.45) is 5.73 Å². The Balaban J connectivity index is 2.32. The van der Waals surface area contributed by atoms with Gasteiger partial charge < -0.3 is 21.1 Å². The molecule has 0 aliphatic heterocycles. The number of hydrogen-bond donors (Lipinski definition) is 3. The molecule has 0 bridgehead atoms. The highest BCUT2D eigenvalue weighted by Crippen LogP contribution is 2.19. The molecule has 0 aromatic carbocycles. The summed E-state index contributed by atoms with van der Waals surface area (Å²) in [7, 11) is 0. The van der Waals surface area contributed by atoms with Gasteiger partial charge in [-0.25, -0.2) is 4.98 Å². The molecule has 0 aliphatic rings. The van der Waals surface area contributed by atoms with Crippen LogP contribution in [0.4, 0.5) is 5.13 Å². The molecule has 0 saturated carbocycles. The molecule has 1 unspecified atom stereocenters. The predicted molar refractivity (Wildman–Crippen MR) is 77.6 cm³/mol. The minimum Gasteiger partial charge on any atom is -0.480 e. The molecule has 0 aliphatic carbocycles. The van der Waals surface area contributed by atoms with E-state index in [0.717, 1.165) is 37.7 Å². The first-order valence-corrected chi connectivity index (χ1v) is 7.36. The van der Waals surface area contributed by atoms with Crippen LogP contribution < -0.4 is 11.1 Å². The topological polar surface area (TPSA) is 91.5 Å². The number of aromatic nitrogens is 1. The van der Waals surface area contributed by atoms with Gasteiger partial charge in [0.1, 0.15) is 6.04 Å². The number of nitrogens with zero attached hydrogens (tertiary/aromatic N) is 2. The number of hydrogen-bond acceptors (Lipinski definition) is 6. The molecule has 6 nitrogen and oxygen atoms in total. The number of carboxylic acid groups (broad SMARTS) is 1. The van der Waals surface area contributed by atoms with Crippen LogP contribution in [0.2, 0.25) is 0 Å². The second kappa shape index (κ2) is 8.08. The van der Waals surface area contributed by atoms with Crippen LogP contribution in [-0.2, 0) is 4.79 Å². The fourth-order valence-electron chi connectivity index (χ4n) is 1.67. The molecule has 4 N–H and O–H groups in total. The van der Waals surface area contributed by atoms with Crippen LogP contribution in [-0.4, -0.2) is 47.1 Å². The van der Waals surface area contributed by atoms with Gasteiger partial charge in [0.05, 0.1) is 5.69 Å². The molecule has 0 saturated heterocycles. The third kappa shape index (κ3) is 5.14. The maximum atomic E-state index is 10.7. The van der Waals surface area contributed by atoms with Crippen molar-refractivity contribution in [1.29, 1.82) is 0 Å². The van der Waals surface area contributed by atoms with Gasteiger partial charge in [-0.15, -0.1) is 11.3 Å². The van der Waals surface area contributed by atoms with E-state index in [1.54, 1.807) is 5.38 Å². The van der Waals surface area contributed by atoms with Crippen molar-refractivity contribution in [3.05, 3.63) is 11.1 Å². The summed E-state index contributed by atoms with van der Waals surface area (Å²) in [5.74, 6) is -1.06. The van der Waals surface area contributed by atoms with E-state index in [2.05, 4.69) is 29.0 Å². The Morgan fingerprint density at radius 3 is 2.84 bits per heavy atom. The summed E-state index contributed by atoms with van der Waals surface area (Å²) in [6.45, 7) is 8.30. The average molecular weight is 286 g/mol. The number of rotatable bonds is 9. The van der Waals surface area contributed by atoms with Crippen molar-refractivity contribution in [3.8, 4) is 0 Å². The van der Waals surface area contributed by atoms with E-state index >= 15 is 0 Å². The zero-order chi connectivity index (χ0) is 14.3. The van der Waals surface area contributed by atoms with Gasteiger partial charge >= 0.3 is 5.97 Å². The normalized spacial score (nSPS) is 12.6. The lowest BCUT2D eigenvalue weighted by Gasteiger charge is -2.17. The van der Waals surface area contributed by atoms with E-state index in [4.69, 9.17) is 10.8 Å². The van der Waals surface area contributed by atoms with Crippen molar-refractivity contribution in [2.45, 2.75) is 26.3 Å². The van der Waals surface area contributed by atoms with E-state index in [1.165, 1.54) is 11.3 Å². The first-order chi connectivity index (χ1) is 9.08. The van der Waals surface area contributed by atoms with E-state index in [0.29, 0.717) is 5.69 Å². The smallest absolute Gasteiger partial charge is 0.326 e. The van der Waals surface area contributed by atoms with Gasteiger partial charge in [-0.1, -0.05) is 13.8 Å². The molecule has 1 heterocycles. The van der Waals surface area contributed by atoms with Gasteiger partial charge in [0.15, 0.2) is 5.13 Å². The summed E-state index contributed by atoms with van der Waals surface area (Å²) in [6, 6.07) is -1.04. The van der Waals surface area contributed by atoms with Gasteiger partial charge in [0.2, 0.25) is 0 Å². The first kappa shape index (κ1) is 15.9. The molecule has 7 heteroatoms. The first-order valence-electron chi connectivity index (χ1n) is 6.48. The van der Waals surface area contributed by atoms with Crippen molar-refractivity contribution in [2.75, 3.05) is 31.5 Å². The Bertz CT molecular complexity index is 393. The third-order valence-electron chi connectivity index (χ3n) is 2.93. The molecule has 1 aromatic heterocycles. The highest BCUT2D eigenvalue weighted by atomic mass is 32.1. The standard InChI is InChI=1S/C12H22N4O2S/c1-3-16(4-2)7-5-6-14-12-15-9(8-19-12)10(13)11(17)18/h8,10H,3-7,13H2,1-2H3,(H,14,15)(H,17,18). The van der Waals surface area contributed by atoms with E-state index in [9.17, 15) is 4.79 Å². The lowest BCUT2D eigenvalue weighted by Crippen LogP contribution is -2.25. The fraction of sp³-hybridized carbons (Fsp3) is 0.667. The molecule has 0 amide bonds. The second-order valence-electron chi connectivity index (χ2n) is 4.20. The zero-order valence-electron chi connectivity index (χ0n) is 11.4. The van der Waals surface area contributed by atoms with Gasteiger partial charge in [0.25, 0.3) is 0 Å². The largest absolute Gasteiger partial charge is 0.480 e. The minimum absolute atomic E-state index is 0.406. The van der Waals surface area contributed by atoms with Crippen molar-refractivity contribution >= 4 is 22.4 Å². The lowest BCUT2D eigenvalue weighted by molar-refractivity contribution is -0.138. The Hall–Kier alpha value is -1.18. The summed E-state index contributed by atoms with van der Waals surface area (Å²) < 4.78 is 0. The van der Waals surface area contributed by atoms with Crippen LogP contribution in [0.3, 0.4) is 0 Å². The van der Waals surface area contributed by atoms with E-state index < -0.39 is 12.0 Å². The SMILES string of the molecule is CCN(CC)CCCNc1nc(C(N)C(=O)O)cs1. The minimum atomic E-state index is -1.06. The Morgan fingerprint density at radius 2 is 2.26 bits per heavy atom. The predicted octanol–water partition coefficient (Wildman–Crippen LogP) is 1.37. The van der Waals surface area contributed by atoms with Crippen LogP contribution in [0, 0.1) is 0 Å². The Labute approximate surface area is 117 Å². The Kier molecular flexibility index (Phi) is 6.75. The van der Waals surface area contributed by atoms with Crippen LogP contribution in [0.1, 0.15) is 32.0 Å². The molecular formula is C12H22N4O2S. The van der Waals surface area contributed by atoms with Crippen LogP contribution in [0.15, 0.2) is 5.38 Å². The monoisotopic (exact) mass is 286 g/mol. The van der Waals surface area contributed by atoms with E-state index in [1.807, 2.05) is 0 Å². The highest BCUT2D eigenvalue weighted by Gasteiger charge is 2.17. The van der Waals surface area contributed by atoms with Crippen LogP contribution in [0.25, 0.3) is 0 Å². The Morgan fingerprint density at radius 1 is 1.58 bits per heavy atom. The molecule has 19 heavy (non-hydrogen) atoms. The van der Waals surface area contributed by atoms with Gasteiger partial charge in [-0.3, -0.25) is 4.79 Å². The number of anilines is 1. The van der Waals surface area contributed by atoms with Gasteiger partial charge in [-0.2, -0.15) is 0 Å². The molecule has 1 aromatic rings. The highest BCUT2D eigenvalue weighted by molar-refractivity contribution is 7.13. The van der Waals surface area contributed by atoms with Gasteiger partial charge in [-0.05, 0) is 26.1 Å². The van der Waals surface area contributed by atoms with E-state index in [-0.39, 0.29) is 0 Å². The third-order valence-corrected chi connectivity index (χ3v) is 3.75. The quantitative estimate of drug-likeness (QED) is 0.594. The molecule has 0 fully saturated rings. The summed E-state index contributed by atoms with van der Waals surface area (Å²) in [4.78, 5) is 17.3. The maximum absolute atomic E-state index is 10.7. The lowest BCUT2D eigenvalue weighted by atomic mass is 10.2. The number of carboxylic acids is 1. The van der Waals surface area contributed by atoms with Crippen LogP contribution >= 0.6 is 11.3 Å². The number of nitrogens with one attached hydrogen (secondary N) is 1. The number of aliphatic carboxylic acids is 1. The summed E-state index contributed by atoms with van der Waals surface area (Å²) in [6.07, 6.45) is 1.03. The average Bonchev–Trinajstić information content (AvgIpc) is 2.86. The van der Waals surface area contributed by atoms with Gasteiger partial charge in [0, 0.05) is 11.9 Å². The number of carbonyl (C=O) groups is 1. The van der Waals surface area contributed by atoms with Crippen molar-refractivity contribution in [1.82, 2.24) is 9.88 Å². The molecular weight excluding hydrogens is 264 g/mol. The second-order valence-corrected chi connectivity index (χ2v) is 5.06. The zero-order valence-corrected chi connectivity index (χ0v) is 12.2. The number of nitrogens with two attached hydrogens (primary N) is 1. The molecule has 0 radical (unpaired) electrons. The molecule has 108 valence electrons. The van der Waals surface area contributed by atoms with Crippen LogP contribution in [0.5, 0.6) is 0 Å². The molecule has 1 atom stereocenters. The van der Waals surface area contributed by atoms with Crippen molar-refractivity contribution in [3.63, 3.8) is 0 Å². The van der Waals surface area contributed by atoms with Crippen molar-refractivity contribution < 1.29 is 9.90 Å². The summed E-state index contributed by atoms with van der Waals surface area (Å²) >= 11 is 1.39. The molecule has 0 spiro atoms. The number of thiazole rings is 1. The summed E-state index contributed by atoms with van der Waals surface area (Å²) in [5.41, 5.74) is 5.90. The summed E-state index contributed by atoms with van der Waals surface area (Å²) in [5, 5.41) is 14.4. The maximum Gasteiger partial charge on any atom is 0.326 e. The molecule has 1 rings (SSSR count).